The first-order valence-corrected chi connectivity index (χ1v) is 11.1. The van der Waals surface area contributed by atoms with Crippen LogP contribution in [0.3, 0.4) is 0 Å². The molecule has 1 atom stereocenters. The van der Waals surface area contributed by atoms with Crippen LogP contribution < -0.4 is 5.32 Å². The highest BCUT2D eigenvalue weighted by molar-refractivity contribution is 8.01. The van der Waals surface area contributed by atoms with Gasteiger partial charge in [0.2, 0.25) is 11.8 Å². The summed E-state index contributed by atoms with van der Waals surface area (Å²) >= 11 is 8.69. The summed E-state index contributed by atoms with van der Waals surface area (Å²) in [5, 5.41) is 5.36. The number of piperidine rings is 1. The first-order chi connectivity index (χ1) is 13.0. The normalized spacial score (nSPS) is 17.0. The van der Waals surface area contributed by atoms with Crippen LogP contribution in [0.25, 0.3) is 0 Å². The number of hydrogen-bond acceptors (Lipinski definition) is 5. The molecule has 0 bridgehead atoms. The molecule has 0 saturated carbocycles. The molecule has 2 amide bonds. The van der Waals surface area contributed by atoms with Crippen LogP contribution in [0.1, 0.15) is 25.5 Å². The molecule has 1 N–H and O–H groups in total. The van der Waals surface area contributed by atoms with Crippen LogP contribution in [0.15, 0.2) is 34.0 Å². The molecule has 1 aromatic heterocycles. The molecule has 1 aliphatic heterocycles. The summed E-state index contributed by atoms with van der Waals surface area (Å²) in [4.78, 5) is 30.9. The number of thioether (sulfide) groups is 1. The van der Waals surface area contributed by atoms with E-state index < -0.39 is 0 Å². The SMILES string of the molecule is CC1CCCN(C(=O)Cc2csc(SCC(=O)Nc3ccc(Cl)cc3)n2)C1. The molecule has 3 rings (SSSR count). The molecule has 144 valence electrons. The summed E-state index contributed by atoms with van der Waals surface area (Å²) in [5.41, 5.74) is 1.50. The number of nitrogens with zero attached hydrogens (tertiary/aromatic N) is 2. The highest BCUT2D eigenvalue weighted by Gasteiger charge is 2.21. The number of halogens is 1. The van der Waals surface area contributed by atoms with Gasteiger partial charge in [-0.2, -0.15) is 0 Å². The Hall–Kier alpha value is -1.57. The smallest absolute Gasteiger partial charge is 0.234 e. The van der Waals surface area contributed by atoms with E-state index in [0.717, 1.165) is 29.5 Å². The standard InChI is InChI=1S/C19H22ClN3O2S2/c1-13-3-2-8-23(10-13)18(25)9-16-11-26-19(22-16)27-12-17(24)21-15-6-4-14(20)5-7-15/h4-7,11,13H,2-3,8-10,12H2,1H3,(H,21,24). The number of carbonyl (C=O) groups excluding carboxylic acids is 2. The molecular weight excluding hydrogens is 402 g/mol. The van der Waals surface area contributed by atoms with Crippen LogP contribution in [0.4, 0.5) is 5.69 Å². The van der Waals surface area contributed by atoms with E-state index in [1.807, 2.05) is 10.3 Å². The van der Waals surface area contributed by atoms with E-state index >= 15 is 0 Å². The molecule has 0 spiro atoms. The maximum Gasteiger partial charge on any atom is 0.234 e. The minimum absolute atomic E-state index is 0.0996. The number of anilines is 1. The van der Waals surface area contributed by atoms with Gasteiger partial charge in [-0.05, 0) is 43.0 Å². The zero-order valence-corrected chi connectivity index (χ0v) is 17.5. The summed E-state index contributed by atoms with van der Waals surface area (Å²) in [6.45, 7) is 3.88. The maximum atomic E-state index is 12.4. The van der Waals surface area contributed by atoms with Gasteiger partial charge in [0.1, 0.15) is 0 Å². The van der Waals surface area contributed by atoms with E-state index in [2.05, 4.69) is 17.2 Å². The number of thiazole rings is 1. The topological polar surface area (TPSA) is 62.3 Å². The number of nitrogens with one attached hydrogen (secondary N) is 1. The number of hydrogen-bond donors (Lipinski definition) is 1. The molecule has 5 nitrogen and oxygen atoms in total. The average Bonchev–Trinajstić information content (AvgIpc) is 3.09. The Morgan fingerprint density at radius 3 is 2.89 bits per heavy atom. The molecule has 27 heavy (non-hydrogen) atoms. The fourth-order valence-corrected chi connectivity index (χ4v) is 4.75. The lowest BCUT2D eigenvalue weighted by Gasteiger charge is -2.30. The molecular formula is C19H22ClN3O2S2. The quantitative estimate of drug-likeness (QED) is 0.702. The molecule has 8 heteroatoms. The lowest BCUT2D eigenvalue weighted by molar-refractivity contribution is -0.132. The first kappa shape index (κ1) is 20.2. The van der Waals surface area contributed by atoms with Gasteiger partial charge in [0.05, 0.1) is 17.9 Å². The van der Waals surface area contributed by atoms with Crippen molar-refractivity contribution in [3.63, 3.8) is 0 Å². The maximum absolute atomic E-state index is 12.4. The fraction of sp³-hybridized carbons (Fsp3) is 0.421. The Balaban J connectivity index is 1.45. The minimum Gasteiger partial charge on any atom is -0.342 e. The van der Waals surface area contributed by atoms with Crippen molar-refractivity contribution >= 4 is 52.2 Å². The van der Waals surface area contributed by atoms with Gasteiger partial charge in [-0.25, -0.2) is 4.98 Å². The summed E-state index contributed by atoms with van der Waals surface area (Å²) in [6.07, 6.45) is 2.61. The van der Waals surface area contributed by atoms with Gasteiger partial charge in [-0.1, -0.05) is 30.3 Å². The van der Waals surface area contributed by atoms with Crippen LogP contribution in [0.2, 0.25) is 5.02 Å². The van der Waals surface area contributed by atoms with Gasteiger partial charge in [0.25, 0.3) is 0 Å². The molecule has 2 aromatic rings. The summed E-state index contributed by atoms with van der Waals surface area (Å²) < 4.78 is 0.802. The summed E-state index contributed by atoms with van der Waals surface area (Å²) in [6, 6.07) is 6.99. The Labute approximate surface area is 172 Å². The van der Waals surface area contributed by atoms with Crippen LogP contribution >= 0.6 is 34.7 Å². The van der Waals surface area contributed by atoms with Crippen LogP contribution in [-0.2, 0) is 16.0 Å². The van der Waals surface area contributed by atoms with Gasteiger partial charge in [-0.3, -0.25) is 9.59 Å². The number of carbonyl (C=O) groups is 2. The number of likely N-dealkylation sites (tertiary alicyclic amines) is 1. The first-order valence-electron chi connectivity index (χ1n) is 8.90. The molecule has 0 aliphatic carbocycles. The van der Waals surface area contributed by atoms with Crippen molar-refractivity contribution in [1.29, 1.82) is 0 Å². The van der Waals surface area contributed by atoms with E-state index in [9.17, 15) is 9.59 Å². The van der Waals surface area contributed by atoms with Gasteiger partial charge in [0, 0.05) is 29.2 Å². The van der Waals surface area contributed by atoms with E-state index in [4.69, 9.17) is 11.6 Å². The second-order valence-corrected chi connectivity index (χ2v) is 9.23. The summed E-state index contributed by atoms with van der Waals surface area (Å²) in [7, 11) is 0. The molecule has 1 saturated heterocycles. The average molecular weight is 424 g/mol. The third-order valence-corrected chi connectivity index (χ3v) is 6.65. The number of rotatable bonds is 6. The Kier molecular flexibility index (Phi) is 7.15. The minimum atomic E-state index is -0.0996. The summed E-state index contributed by atoms with van der Waals surface area (Å²) in [5.74, 6) is 0.886. The predicted molar refractivity (Wildman–Crippen MR) is 112 cm³/mol. The van der Waals surface area contributed by atoms with Crippen molar-refractivity contribution in [1.82, 2.24) is 9.88 Å². The lowest BCUT2D eigenvalue weighted by atomic mass is 10.00. The zero-order valence-electron chi connectivity index (χ0n) is 15.1. The lowest BCUT2D eigenvalue weighted by Crippen LogP contribution is -2.39. The van der Waals surface area contributed by atoms with Crippen LogP contribution in [0, 0.1) is 5.92 Å². The fourth-order valence-electron chi connectivity index (χ4n) is 2.98. The largest absolute Gasteiger partial charge is 0.342 e. The van der Waals surface area contributed by atoms with Gasteiger partial charge in [-0.15, -0.1) is 11.3 Å². The number of amides is 2. The van der Waals surface area contributed by atoms with Gasteiger partial charge < -0.3 is 10.2 Å². The molecule has 2 heterocycles. The second-order valence-electron chi connectivity index (χ2n) is 6.71. The van der Waals surface area contributed by atoms with E-state index in [0.29, 0.717) is 23.0 Å². The third-order valence-electron chi connectivity index (χ3n) is 4.33. The van der Waals surface area contributed by atoms with Crippen molar-refractivity contribution in [3.05, 3.63) is 40.4 Å². The Morgan fingerprint density at radius 1 is 1.37 bits per heavy atom. The Morgan fingerprint density at radius 2 is 2.15 bits per heavy atom. The van der Waals surface area contributed by atoms with Crippen molar-refractivity contribution in [3.8, 4) is 0 Å². The highest BCUT2D eigenvalue weighted by atomic mass is 35.5. The van der Waals surface area contributed by atoms with Crippen LogP contribution in [0.5, 0.6) is 0 Å². The van der Waals surface area contributed by atoms with Crippen molar-refractivity contribution in [2.45, 2.75) is 30.5 Å². The van der Waals surface area contributed by atoms with E-state index in [-0.39, 0.29) is 17.6 Å². The molecule has 1 fully saturated rings. The van der Waals surface area contributed by atoms with Gasteiger partial charge in [0.15, 0.2) is 4.34 Å². The predicted octanol–water partition coefficient (Wildman–Crippen LogP) is 4.33. The van der Waals surface area contributed by atoms with Crippen molar-refractivity contribution < 1.29 is 9.59 Å². The van der Waals surface area contributed by atoms with Crippen molar-refractivity contribution in [2.75, 3.05) is 24.2 Å². The molecule has 1 aromatic carbocycles. The Bertz CT molecular complexity index is 795. The van der Waals surface area contributed by atoms with Crippen molar-refractivity contribution in [2.24, 2.45) is 5.92 Å². The number of benzene rings is 1. The van der Waals surface area contributed by atoms with E-state index in [1.54, 1.807) is 24.3 Å². The molecule has 1 aliphatic rings. The highest BCUT2D eigenvalue weighted by Crippen LogP contribution is 2.24. The second kappa shape index (κ2) is 9.57. The van der Waals surface area contributed by atoms with E-state index in [1.165, 1.54) is 29.5 Å². The molecule has 1 unspecified atom stereocenters. The number of aromatic nitrogens is 1. The third kappa shape index (κ3) is 6.23. The van der Waals surface area contributed by atoms with Crippen LogP contribution in [-0.4, -0.2) is 40.5 Å². The zero-order chi connectivity index (χ0) is 19.2. The van der Waals surface area contributed by atoms with Gasteiger partial charge >= 0.3 is 0 Å². The monoisotopic (exact) mass is 423 g/mol. The molecule has 0 radical (unpaired) electrons.